The van der Waals surface area contributed by atoms with Gasteiger partial charge >= 0.3 is 0 Å². The Bertz CT molecular complexity index is 8410. The minimum Gasteiger partial charge on any atom is -0.0622 e. The Morgan fingerprint density at radius 3 is 0.627 bits per heavy atom. The van der Waals surface area contributed by atoms with E-state index in [2.05, 4.69) is 660 Å². The van der Waals surface area contributed by atoms with Gasteiger partial charge in [-0.3, -0.25) is 0 Å². The molecule has 0 aliphatic rings. The summed E-state index contributed by atoms with van der Waals surface area (Å²) in [6, 6.07) is 220. The molecular formula is C150H120. The molecule has 0 nitrogen and oxygen atoms in total. The molecule has 24 aromatic rings. The number of hydrogen-bond donors (Lipinski definition) is 0. The first-order chi connectivity index (χ1) is 73.9. The number of rotatable bonds is 18. The van der Waals surface area contributed by atoms with Crippen LogP contribution in [0, 0.1) is 41.5 Å². The molecule has 0 spiro atoms. The van der Waals surface area contributed by atoms with Gasteiger partial charge < -0.3 is 0 Å². The van der Waals surface area contributed by atoms with Gasteiger partial charge in [0, 0.05) is 0 Å². The van der Waals surface area contributed by atoms with Gasteiger partial charge in [-0.2, -0.15) is 0 Å². The summed E-state index contributed by atoms with van der Waals surface area (Å²) < 4.78 is 0. The highest BCUT2D eigenvalue weighted by atomic mass is 14.2. The lowest BCUT2D eigenvalue weighted by Gasteiger charge is -2.16. The van der Waals surface area contributed by atoms with Gasteiger partial charge in [-0.15, -0.1) is 0 Å². The van der Waals surface area contributed by atoms with Gasteiger partial charge in [0.1, 0.15) is 0 Å². The van der Waals surface area contributed by atoms with E-state index in [0.29, 0.717) is 0 Å². The standard InChI is InChI=1S/6C25H20/c1-19-11-10-18-24(25(19)21-14-6-3-7-15-21)23-17-9-8-16-22(23)20-12-4-2-5-13-20;1-19-16-17-24(25(18-19)21-12-6-3-7-13-21)23-15-9-8-14-22(23)20-10-4-2-5-11-20;1-19-12-14-22(15-13-19)25-17-23(20-8-4-2-5-9-20)16-24(18-25)21-10-6-3-7-11-21;1-19-12-14-20(15-13-19)23-16-17-24(21-8-4-2-5-9-21)25(18-23)22-10-6-3-7-11-22;1-19-12-14-22(15-13-19)24-17-16-23(20-8-4-2-5-9-20)18-25(24)21-10-6-3-7-11-21;1-19-10-5-6-15-23(19)21-13-9-14-22(18-21)25-17-8-7-16-24(25)20-11-3-2-4-12-20/h6*2-18H,1H3. The van der Waals surface area contributed by atoms with Gasteiger partial charge in [-0.25, -0.2) is 0 Å². The molecule has 0 saturated heterocycles. The van der Waals surface area contributed by atoms with Crippen molar-refractivity contribution in [2.24, 2.45) is 0 Å². The van der Waals surface area contributed by atoms with Crippen LogP contribution in [0.3, 0.4) is 0 Å². The van der Waals surface area contributed by atoms with Crippen molar-refractivity contribution in [2.75, 3.05) is 0 Å². The third-order valence-corrected chi connectivity index (χ3v) is 27.5. The molecule has 0 radical (unpaired) electrons. The second kappa shape index (κ2) is 49.7. The van der Waals surface area contributed by atoms with Crippen molar-refractivity contribution in [3.05, 3.63) is 652 Å². The van der Waals surface area contributed by atoms with Crippen LogP contribution in [0.5, 0.6) is 0 Å². The summed E-state index contributed by atoms with van der Waals surface area (Å²) in [6.07, 6.45) is 0. The van der Waals surface area contributed by atoms with Crippen LogP contribution in [0.15, 0.2) is 619 Å². The zero-order chi connectivity index (χ0) is 102. The van der Waals surface area contributed by atoms with Crippen molar-refractivity contribution in [1.29, 1.82) is 0 Å². The van der Waals surface area contributed by atoms with Crippen molar-refractivity contribution in [3.8, 4) is 200 Å². The maximum atomic E-state index is 2.31. The summed E-state index contributed by atoms with van der Waals surface area (Å²) in [5, 5.41) is 0. The molecule has 0 bridgehead atoms. The van der Waals surface area contributed by atoms with Crippen molar-refractivity contribution >= 4 is 0 Å². The SMILES string of the molecule is Cc1ccc(-c2cc(-c3ccccc3)cc(-c3ccccc3)c2)cc1.Cc1ccc(-c2ccc(-c3ccccc3)c(-c3ccccc3)c2)cc1.Cc1ccc(-c2ccc(-c3ccccc3)cc2-c2ccccc2)cc1.Cc1ccc(-c2ccccc2-c2ccccc2)c(-c2ccccc2)c1.Cc1cccc(-c2ccccc2-c2ccccc2)c1-c1ccccc1.Cc1ccccc1-c1cccc(-c2ccccc2-c2ccccc2)c1. The quantitative estimate of drug-likeness (QED) is 0.0803. The molecule has 0 unspecified atom stereocenters. The molecule has 150 heavy (non-hydrogen) atoms. The van der Waals surface area contributed by atoms with Crippen LogP contribution < -0.4 is 0 Å². The number of benzene rings is 24. The fraction of sp³-hybridized carbons (Fsp3) is 0.0400. The topological polar surface area (TPSA) is 0 Å². The molecule has 0 aromatic heterocycles. The Morgan fingerprint density at radius 1 is 0.0800 bits per heavy atom. The smallest absolute Gasteiger partial charge is 0.00759 e. The van der Waals surface area contributed by atoms with Gasteiger partial charge in [0.25, 0.3) is 0 Å². The molecule has 0 N–H and O–H groups in total. The molecule has 0 heterocycles. The minimum atomic E-state index is 1.24. The van der Waals surface area contributed by atoms with Gasteiger partial charge in [-0.05, 0) is 289 Å². The van der Waals surface area contributed by atoms with Gasteiger partial charge in [0.2, 0.25) is 0 Å². The molecule has 24 aromatic carbocycles. The van der Waals surface area contributed by atoms with E-state index in [1.165, 1.54) is 234 Å². The predicted octanol–water partition coefficient (Wildman–Crippen LogP) is 42.0. The average molecular weight is 1920 g/mol. The lowest BCUT2D eigenvalue weighted by Crippen LogP contribution is -1.91. The van der Waals surface area contributed by atoms with E-state index in [9.17, 15) is 0 Å². The van der Waals surface area contributed by atoms with E-state index >= 15 is 0 Å². The summed E-state index contributed by atoms with van der Waals surface area (Å²) in [6.45, 7) is 12.9. The molecule has 0 fully saturated rings. The lowest BCUT2D eigenvalue weighted by molar-refractivity contribution is 1.45. The first-order valence-electron chi connectivity index (χ1n) is 51.8. The summed E-state index contributed by atoms with van der Waals surface area (Å²) in [5.41, 5.74) is 53.1. The molecule has 0 saturated carbocycles. The normalized spacial score (nSPS) is 10.6. The molecule has 0 heteroatoms. The zero-order valence-corrected chi connectivity index (χ0v) is 85.9. The molecular weight excluding hydrogens is 1800 g/mol. The van der Waals surface area contributed by atoms with Gasteiger partial charge in [-0.1, -0.05) is 605 Å². The van der Waals surface area contributed by atoms with Crippen LogP contribution in [0.25, 0.3) is 200 Å². The highest BCUT2D eigenvalue weighted by molar-refractivity contribution is 5.96. The van der Waals surface area contributed by atoms with E-state index in [0.717, 1.165) is 0 Å². The molecule has 0 amide bonds. The third-order valence-electron chi connectivity index (χ3n) is 27.5. The van der Waals surface area contributed by atoms with E-state index < -0.39 is 0 Å². The monoisotopic (exact) mass is 1920 g/mol. The van der Waals surface area contributed by atoms with Crippen LogP contribution >= 0.6 is 0 Å². The highest BCUT2D eigenvalue weighted by Crippen LogP contribution is 2.45. The van der Waals surface area contributed by atoms with E-state index in [1.807, 2.05) is 0 Å². The van der Waals surface area contributed by atoms with E-state index in [1.54, 1.807) is 0 Å². The average Bonchev–Trinajstić information content (AvgIpc) is 0.790. The van der Waals surface area contributed by atoms with Crippen LogP contribution in [0.2, 0.25) is 0 Å². The molecule has 0 aliphatic heterocycles. The molecule has 720 valence electrons. The van der Waals surface area contributed by atoms with Crippen LogP contribution in [-0.4, -0.2) is 0 Å². The Hall–Kier alpha value is -18.7. The summed E-state index contributed by atoms with van der Waals surface area (Å²) >= 11 is 0. The molecule has 24 rings (SSSR count). The number of aryl methyl sites for hydroxylation is 6. The van der Waals surface area contributed by atoms with E-state index in [4.69, 9.17) is 0 Å². The van der Waals surface area contributed by atoms with Crippen molar-refractivity contribution in [1.82, 2.24) is 0 Å². The van der Waals surface area contributed by atoms with Crippen LogP contribution in [-0.2, 0) is 0 Å². The van der Waals surface area contributed by atoms with Crippen molar-refractivity contribution < 1.29 is 0 Å². The maximum Gasteiger partial charge on any atom is -0.00759 e. The first kappa shape index (κ1) is 100.0. The van der Waals surface area contributed by atoms with Crippen LogP contribution in [0.4, 0.5) is 0 Å². The van der Waals surface area contributed by atoms with E-state index in [-0.39, 0.29) is 0 Å². The molecule has 0 atom stereocenters. The van der Waals surface area contributed by atoms with Gasteiger partial charge in [0.05, 0.1) is 0 Å². The number of hydrogen-bond acceptors (Lipinski definition) is 0. The largest absolute Gasteiger partial charge is 0.0622 e. The minimum absolute atomic E-state index is 1.24. The molecule has 0 aliphatic carbocycles. The second-order valence-electron chi connectivity index (χ2n) is 38.0. The Balaban J connectivity index is 0.000000113. The van der Waals surface area contributed by atoms with Crippen molar-refractivity contribution in [2.45, 2.75) is 41.5 Å². The van der Waals surface area contributed by atoms with Gasteiger partial charge in [0.15, 0.2) is 0 Å². The fourth-order valence-corrected chi connectivity index (χ4v) is 19.7. The summed E-state index contributed by atoms with van der Waals surface area (Å²) in [4.78, 5) is 0. The Morgan fingerprint density at radius 2 is 0.267 bits per heavy atom. The Kier molecular flexibility index (Phi) is 33.1. The van der Waals surface area contributed by atoms with Crippen molar-refractivity contribution in [3.63, 3.8) is 0 Å². The third kappa shape index (κ3) is 25.2. The summed E-state index contributed by atoms with van der Waals surface area (Å²) in [5.74, 6) is 0. The second-order valence-corrected chi connectivity index (χ2v) is 38.0. The highest BCUT2D eigenvalue weighted by Gasteiger charge is 2.20. The maximum absolute atomic E-state index is 2.31. The zero-order valence-electron chi connectivity index (χ0n) is 85.9. The Labute approximate surface area is 887 Å². The summed E-state index contributed by atoms with van der Waals surface area (Å²) in [7, 11) is 0. The fourth-order valence-electron chi connectivity index (χ4n) is 19.7. The lowest BCUT2D eigenvalue weighted by atomic mass is 9.87. The first-order valence-corrected chi connectivity index (χ1v) is 51.8. The predicted molar refractivity (Wildman–Crippen MR) is 645 cm³/mol. The van der Waals surface area contributed by atoms with Crippen LogP contribution in [0.1, 0.15) is 33.4 Å².